The van der Waals surface area contributed by atoms with Crippen LogP contribution < -0.4 is 10.6 Å². The number of nitrogens with zero attached hydrogens (tertiary/aromatic N) is 1. The van der Waals surface area contributed by atoms with Crippen LogP contribution in [0.4, 0.5) is 5.69 Å². The van der Waals surface area contributed by atoms with Crippen LogP contribution in [0.5, 0.6) is 0 Å². The van der Waals surface area contributed by atoms with Gasteiger partial charge in [0.1, 0.15) is 5.70 Å². The van der Waals surface area contributed by atoms with E-state index in [-0.39, 0.29) is 46.3 Å². The Hall–Kier alpha value is -2.89. The first-order chi connectivity index (χ1) is 16.1. The van der Waals surface area contributed by atoms with Gasteiger partial charge in [-0.1, -0.05) is 13.0 Å². The summed E-state index contributed by atoms with van der Waals surface area (Å²) in [5, 5.41) is 23.9. The molecular formula is C23H28N3O7S+. The number of anilines is 1. The van der Waals surface area contributed by atoms with Gasteiger partial charge in [0.25, 0.3) is 5.91 Å². The minimum atomic E-state index is -1.07. The van der Waals surface area contributed by atoms with Gasteiger partial charge in [0.2, 0.25) is 5.91 Å². The summed E-state index contributed by atoms with van der Waals surface area (Å²) in [5.74, 6) is -2.83. The molecule has 3 heterocycles. The van der Waals surface area contributed by atoms with Crippen LogP contribution >= 0.6 is 11.8 Å². The molecule has 2 amide bonds. The molecule has 1 aromatic rings. The van der Waals surface area contributed by atoms with Crippen LogP contribution in [0.15, 0.2) is 34.9 Å². The number of fused-ring (bicyclic) bond motifs is 1. The molecule has 182 valence electrons. The molecule has 10 nitrogen and oxygen atoms in total. The molecule has 6 atom stereocenters. The van der Waals surface area contributed by atoms with Gasteiger partial charge in [0.15, 0.2) is 6.04 Å². The van der Waals surface area contributed by atoms with Crippen molar-refractivity contribution in [2.75, 3.05) is 19.0 Å². The van der Waals surface area contributed by atoms with Crippen LogP contribution in [0.25, 0.3) is 0 Å². The Morgan fingerprint density at radius 2 is 2.06 bits per heavy atom. The number of carboxylic acid groups (broad SMARTS) is 1. The number of nitrogens with two attached hydrogens (primary N) is 1. The summed E-state index contributed by atoms with van der Waals surface area (Å²) >= 11 is 1.49. The number of esters is 1. The smallest absolute Gasteiger partial charge is 0.355 e. The van der Waals surface area contributed by atoms with Gasteiger partial charge >= 0.3 is 11.9 Å². The second kappa shape index (κ2) is 9.40. The summed E-state index contributed by atoms with van der Waals surface area (Å²) in [7, 11) is 1.27. The standard InChI is InChI=1S/C23H27N3O7S/c1-10-17-16(11(2)27)21(29)26(17)18(23(32)33-3)19(10)34-14-8-15(24-9-14)20(28)25-13-6-4-5-12(7-13)22(30)31/h4-7,10-11,14-17,24,27H,8-9H2,1-3H3,(H,25,28)(H,30,31)/p+1/t10-,11-,14+,15+,16-,17-/m1/s1. The Labute approximate surface area is 200 Å². The molecule has 0 radical (unpaired) electrons. The Bertz CT molecular complexity index is 1070. The van der Waals surface area contributed by atoms with Crippen molar-refractivity contribution in [2.24, 2.45) is 11.8 Å². The molecule has 11 heteroatoms. The fourth-order valence-electron chi connectivity index (χ4n) is 5.01. The van der Waals surface area contributed by atoms with Gasteiger partial charge in [-0.3, -0.25) is 9.59 Å². The van der Waals surface area contributed by atoms with Crippen LogP contribution in [0.1, 0.15) is 30.6 Å². The highest BCUT2D eigenvalue weighted by Crippen LogP contribution is 2.51. The SMILES string of the molecule is COC(=O)C1=C(S[C@@H]2C[NH2+][C@H](C(=O)Nc3cccc(C(=O)O)c3)C2)[C@H](C)[C@@H]2[C@@H]([C@@H](C)O)C(=O)N12. The maximum absolute atomic E-state index is 12.8. The van der Waals surface area contributed by atoms with Crippen LogP contribution in [0.3, 0.4) is 0 Å². The molecule has 0 aliphatic carbocycles. The summed E-state index contributed by atoms with van der Waals surface area (Å²) in [4.78, 5) is 51.3. The maximum atomic E-state index is 12.8. The first kappa shape index (κ1) is 24.2. The highest BCUT2D eigenvalue weighted by atomic mass is 32.2. The predicted molar refractivity (Wildman–Crippen MR) is 123 cm³/mol. The number of hydrogen-bond acceptors (Lipinski definition) is 7. The molecule has 0 unspecified atom stereocenters. The van der Waals surface area contributed by atoms with Crippen molar-refractivity contribution < 1.29 is 39.4 Å². The summed E-state index contributed by atoms with van der Waals surface area (Å²) in [6.07, 6.45) is -0.273. The largest absolute Gasteiger partial charge is 0.478 e. The molecule has 0 bridgehead atoms. The van der Waals surface area contributed by atoms with E-state index in [4.69, 9.17) is 9.84 Å². The average molecular weight is 491 g/mol. The van der Waals surface area contributed by atoms with E-state index in [2.05, 4.69) is 5.32 Å². The van der Waals surface area contributed by atoms with Gasteiger partial charge in [0.05, 0.1) is 42.5 Å². The Morgan fingerprint density at radius 1 is 1.32 bits per heavy atom. The number of carbonyl (C=O) groups is 4. The Balaban J connectivity index is 1.45. The predicted octanol–water partition coefficient (Wildman–Crippen LogP) is 0.00290. The minimum Gasteiger partial charge on any atom is -0.478 e. The summed E-state index contributed by atoms with van der Waals surface area (Å²) in [5.41, 5.74) is 0.751. The second-order valence-electron chi connectivity index (χ2n) is 8.89. The molecule has 1 aromatic carbocycles. The van der Waals surface area contributed by atoms with Gasteiger partial charge in [-0.05, 0) is 25.1 Å². The lowest BCUT2D eigenvalue weighted by molar-refractivity contribution is -0.656. The summed E-state index contributed by atoms with van der Waals surface area (Å²) < 4.78 is 4.95. The molecule has 0 spiro atoms. The van der Waals surface area contributed by atoms with Gasteiger partial charge in [-0.25, -0.2) is 9.59 Å². The van der Waals surface area contributed by atoms with Crippen molar-refractivity contribution in [1.82, 2.24) is 4.90 Å². The van der Waals surface area contributed by atoms with Crippen LogP contribution in [0, 0.1) is 11.8 Å². The fraction of sp³-hybridized carbons (Fsp3) is 0.478. The van der Waals surface area contributed by atoms with E-state index in [9.17, 15) is 24.3 Å². The summed E-state index contributed by atoms with van der Waals surface area (Å²) in [6.45, 7) is 4.16. The molecule has 2 saturated heterocycles. The molecule has 5 N–H and O–H groups in total. The van der Waals surface area contributed by atoms with Crippen molar-refractivity contribution in [3.63, 3.8) is 0 Å². The highest BCUT2D eigenvalue weighted by Gasteiger charge is 2.60. The second-order valence-corrected chi connectivity index (χ2v) is 10.2. The number of rotatable bonds is 7. The van der Waals surface area contributed by atoms with Gasteiger partial charge in [-0.15, -0.1) is 11.8 Å². The quantitative estimate of drug-likeness (QED) is 0.308. The number of β-lactam (4-membered cyclic amide) rings is 1. The highest BCUT2D eigenvalue weighted by molar-refractivity contribution is 8.03. The number of quaternary nitrogens is 1. The van der Waals surface area contributed by atoms with Crippen LogP contribution in [-0.2, 0) is 19.1 Å². The van der Waals surface area contributed by atoms with Crippen LogP contribution in [-0.4, -0.2) is 76.0 Å². The number of benzene rings is 1. The van der Waals surface area contributed by atoms with Crippen molar-refractivity contribution in [3.05, 3.63) is 40.4 Å². The lowest BCUT2D eigenvalue weighted by atomic mass is 9.79. The molecule has 0 saturated carbocycles. The zero-order chi connectivity index (χ0) is 24.7. The summed E-state index contributed by atoms with van der Waals surface area (Å²) in [6, 6.07) is 5.43. The molecule has 3 aliphatic heterocycles. The van der Waals surface area contributed by atoms with Gasteiger partial charge in [-0.2, -0.15) is 0 Å². The topological polar surface area (TPSA) is 150 Å². The number of nitrogens with one attached hydrogen (secondary N) is 1. The number of carbonyl (C=O) groups excluding carboxylic acids is 3. The average Bonchev–Trinajstić information content (AvgIpc) is 3.35. The van der Waals surface area contributed by atoms with Crippen molar-refractivity contribution >= 4 is 41.2 Å². The van der Waals surface area contributed by atoms with Crippen LogP contribution in [0.2, 0.25) is 0 Å². The number of ether oxygens (including phenoxy) is 1. The normalized spacial score (nSPS) is 28.9. The molecule has 34 heavy (non-hydrogen) atoms. The monoisotopic (exact) mass is 490 g/mol. The first-order valence-electron chi connectivity index (χ1n) is 11.1. The number of methoxy groups -OCH3 is 1. The zero-order valence-corrected chi connectivity index (χ0v) is 19.9. The van der Waals surface area contributed by atoms with E-state index < -0.39 is 24.0 Å². The van der Waals surface area contributed by atoms with E-state index in [1.807, 2.05) is 12.2 Å². The third-order valence-corrected chi connectivity index (χ3v) is 8.23. The molecule has 4 rings (SSSR count). The zero-order valence-electron chi connectivity index (χ0n) is 19.1. The molecule has 2 fully saturated rings. The number of thioether (sulfide) groups is 1. The minimum absolute atomic E-state index is 0.0250. The number of amides is 2. The fourth-order valence-corrected chi connectivity index (χ4v) is 6.53. The lowest BCUT2D eigenvalue weighted by Crippen LogP contribution is -2.89. The van der Waals surface area contributed by atoms with Gasteiger partial charge in [0, 0.05) is 22.9 Å². The van der Waals surface area contributed by atoms with Crippen molar-refractivity contribution in [3.8, 4) is 0 Å². The van der Waals surface area contributed by atoms with E-state index in [0.29, 0.717) is 18.7 Å². The third-order valence-electron chi connectivity index (χ3n) is 6.70. The number of aromatic carboxylic acids is 1. The van der Waals surface area contributed by atoms with E-state index in [1.165, 1.54) is 35.9 Å². The van der Waals surface area contributed by atoms with E-state index in [1.54, 1.807) is 19.1 Å². The van der Waals surface area contributed by atoms with Crippen molar-refractivity contribution in [1.29, 1.82) is 0 Å². The molecular weight excluding hydrogens is 462 g/mol. The number of aliphatic hydroxyl groups excluding tert-OH is 1. The first-order valence-corrected chi connectivity index (χ1v) is 12.0. The Kier molecular flexibility index (Phi) is 6.70. The lowest BCUT2D eigenvalue weighted by Gasteiger charge is -2.46. The third kappa shape index (κ3) is 4.19. The molecule has 3 aliphatic rings. The van der Waals surface area contributed by atoms with Gasteiger partial charge < -0.3 is 30.5 Å². The number of aliphatic hydroxyl groups is 1. The number of hydrogen-bond donors (Lipinski definition) is 4. The molecule has 0 aromatic heterocycles. The number of carboxylic acids is 1. The van der Waals surface area contributed by atoms with Crippen molar-refractivity contribution in [2.45, 2.75) is 43.7 Å². The Morgan fingerprint density at radius 3 is 2.71 bits per heavy atom. The maximum Gasteiger partial charge on any atom is 0.355 e. The van der Waals surface area contributed by atoms with E-state index in [0.717, 1.165) is 4.91 Å². The van der Waals surface area contributed by atoms with E-state index >= 15 is 0 Å².